The number of nitriles is 1. The first-order valence-corrected chi connectivity index (χ1v) is 10.0. The summed E-state index contributed by atoms with van der Waals surface area (Å²) in [6.07, 6.45) is 1.45. The maximum atomic E-state index is 12.6. The predicted octanol–water partition coefficient (Wildman–Crippen LogP) is 4.64. The Balaban J connectivity index is 1.55. The van der Waals surface area contributed by atoms with Crippen LogP contribution in [0.5, 0.6) is 11.5 Å². The number of para-hydroxylation sites is 1. The molecule has 2 aromatic carbocycles. The number of nitrogens with one attached hydrogen (secondary N) is 1. The van der Waals surface area contributed by atoms with Gasteiger partial charge in [-0.2, -0.15) is 5.26 Å². The lowest BCUT2D eigenvalue weighted by Crippen LogP contribution is -2.17. The van der Waals surface area contributed by atoms with E-state index in [2.05, 4.69) is 5.32 Å². The van der Waals surface area contributed by atoms with Crippen molar-refractivity contribution in [2.24, 2.45) is 0 Å². The maximum absolute atomic E-state index is 12.6. The fourth-order valence-corrected chi connectivity index (χ4v) is 4.01. The van der Waals surface area contributed by atoms with E-state index in [0.29, 0.717) is 45.7 Å². The van der Waals surface area contributed by atoms with Crippen molar-refractivity contribution in [3.8, 4) is 28.0 Å². The van der Waals surface area contributed by atoms with Gasteiger partial charge in [-0.25, -0.2) is 0 Å². The highest BCUT2D eigenvalue weighted by atomic mass is 32.1. The van der Waals surface area contributed by atoms with Crippen LogP contribution in [0.2, 0.25) is 0 Å². The summed E-state index contributed by atoms with van der Waals surface area (Å²) in [6, 6.07) is 16.8. The Hall–Kier alpha value is -4.16. The fraction of sp³-hybridized carbons (Fsp3) is 0.0909. The van der Waals surface area contributed by atoms with Gasteiger partial charge in [0.2, 0.25) is 0 Å². The molecule has 3 aromatic rings. The molecule has 0 bridgehead atoms. The summed E-state index contributed by atoms with van der Waals surface area (Å²) >= 11 is 1.26. The SMILES string of the molecule is N#C/C(=C\c1ccc(-c2ccccc2[N+](=O)[O-])s1)C(=O)Nc1ccc2c(c1)OCCO2. The van der Waals surface area contributed by atoms with E-state index in [9.17, 15) is 20.2 Å². The number of nitrogens with zero attached hydrogens (tertiary/aromatic N) is 2. The summed E-state index contributed by atoms with van der Waals surface area (Å²) in [4.78, 5) is 24.7. The lowest BCUT2D eigenvalue weighted by molar-refractivity contribution is -0.384. The van der Waals surface area contributed by atoms with Gasteiger partial charge in [-0.05, 0) is 36.4 Å². The third kappa shape index (κ3) is 4.39. The number of benzene rings is 2. The van der Waals surface area contributed by atoms with E-state index in [-0.39, 0.29) is 11.3 Å². The van der Waals surface area contributed by atoms with Crippen molar-refractivity contribution in [2.45, 2.75) is 0 Å². The van der Waals surface area contributed by atoms with Crippen LogP contribution in [0, 0.1) is 21.4 Å². The first-order valence-electron chi connectivity index (χ1n) is 9.21. The summed E-state index contributed by atoms with van der Waals surface area (Å²) < 4.78 is 10.9. The van der Waals surface area contributed by atoms with E-state index in [1.165, 1.54) is 23.5 Å². The highest BCUT2D eigenvalue weighted by Crippen LogP contribution is 2.36. The molecule has 0 radical (unpaired) electrons. The van der Waals surface area contributed by atoms with Gasteiger partial charge in [0.1, 0.15) is 24.9 Å². The molecule has 0 atom stereocenters. The molecule has 8 nitrogen and oxygen atoms in total. The molecular formula is C22H15N3O5S. The van der Waals surface area contributed by atoms with Gasteiger partial charge >= 0.3 is 0 Å². The quantitative estimate of drug-likeness (QED) is 0.271. The van der Waals surface area contributed by atoms with Gasteiger partial charge in [0.25, 0.3) is 11.6 Å². The summed E-state index contributed by atoms with van der Waals surface area (Å²) in [5.41, 5.74) is 0.862. The number of ether oxygens (including phenoxy) is 2. The van der Waals surface area contributed by atoms with Crippen molar-refractivity contribution in [3.05, 3.63) is 75.2 Å². The minimum Gasteiger partial charge on any atom is -0.486 e. The zero-order chi connectivity index (χ0) is 21.8. The van der Waals surface area contributed by atoms with Crippen LogP contribution in [0.15, 0.2) is 60.2 Å². The summed E-state index contributed by atoms with van der Waals surface area (Å²) in [6.45, 7) is 0.892. The molecule has 1 aliphatic heterocycles. The number of carbonyl (C=O) groups is 1. The Labute approximate surface area is 181 Å². The van der Waals surface area contributed by atoms with Crippen molar-refractivity contribution in [3.63, 3.8) is 0 Å². The molecular weight excluding hydrogens is 418 g/mol. The first-order chi connectivity index (χ1) is 15.0. The summed E-state index contributed by atoms with van der Waals surface area (Å²) in [5, 5.41) is 23.4. The van der Waals surface area contributed by atoms with E-state index in [0.717, 1.165) is 0 Å². The van der Waals surface area contributed by atoms with E-state index in [1.54, 1.807) is 48.5 Å². The Bertz CT molecular complexity index is 1240. The highest BCUT2D eigenvalue weighted by Gasteiger charge is 2.17. The van der Waals surface area contributed by atoms with Crippen LogP contribution in [-0.4, -0.2) is 24.0 Å². The van der Waals surface area contributed by atoms with Crippen LogP contribution >= 0.6 is 11.3 Å². The van der Waals surface area contributed by atoms with E-state index >= 15 is 0 Å². The molecule has 0 spiro atoms. The average molecular weight is 433 g/mol. The number of carbonyl (C=O) groups excluding carboxylic acids is 1. The average Bonchev–Trinajstić information content (AvgIpc) is 3.25. The van der Waals surface area contributed by atoms with Crippen molar-refractivity contribution >= 4 is 34.7 Å². The Morgan fingerprint density at radius 3 is 2.68 bits per heavy atom. The molecule has 154 valence electrons. The normalized spacial score (nSPS) is 12.7. The molecule has 0 unspecified atom stereocenters. The number of nitro groups is 1. The van der Waals surface area contributed by atoms with Crippen molar-refractivity contribution in [1.29, 1.82) is 5.26 Å². The third-order valence-corrected chi connectivity index (χ3v) is 5.51. The van der Waals surface area contributed by atoms with Crippen LogP contribution < -0.4 is 14.8 Å². The van der Waals surface area contributed by atoms with Gasteiger partial charge in [0.15, 0.2) is 11.5 Å². The molecule has 9 heteroatoms. The van der Waals surface area contributed by atoms with Crippen LogP contribution in [0.1, 0.15) is 4.88 Å². The van der Waals surface area contributed by atoms with Crippen LogP contribution in [0.25, 0.3) is 16.5 Å². The van der Waals surface area contributed by atoms with Gasteiger partial charge < -0.3 is 14.8 Å². The summed E-state index contributed by atoms with van der Waals surface area (Å²) in [5.74, 6) is 0.556. The van der Waals surface area contributed by atoms with Crippen LogP contribution in [0.3, 0.4) is 0 Å². The number of amides is 1. The number of hydrogen-bond donors (Lipinski definition) is 1. The number of hydrogen-bond acceptors (Lipinski definition) is 7. The number of anilines is 1. The monoisotopic (exact) mass is 433 g/mol. The molecule has 1 amide bonds. The number of fused-ring (bicyclic) bond motifs is 1. The minimum atomic E-state index is -0.570. The second-order valence-corrected chi connectivity index (χ2v) is 7.57. The van der Waals surface area contributed by atoms with Crippen molar-refractivity contribution in [1.82, 2.24) is 0 Å². The lowest BCUT2D eigenvalue weighted by atomic mass is 10.1. The highest BCUT2D eigenvalue weighted by molar-refractivity contribution is 7.16. The predicted molar refractivity (Wildman–Crippen MR) is 116 cm³/mol. The Kier molecular flexibility index (Phi) is 5.64. The van der Waals surface area contributed by atoms with Gasteiger partial charge in [-0.15, -0.1) is 11.3 Å². The molecule has 0 saturated carbocycles. The van der Waals surface area contributed by atoms with Crippen molar-refractivity contribution in [2.75, 3.05) is 18.5 Å². The van der Waals surface area contributed by atoms with E-state index in [1.807, 2.05) is 6.07 Å². The molecule has 0 fully saturated rings. The Morgan fingerprint density at radius 1 is 1.13 bits per heavy atom. The Morgan fingerprint density at radius 2 is 1.90 bits per heavy atom. The molecule has 2 heterocycles. The topological polar surface area (TPSA) is 114 Å². The number of nitro benzene ring substituents is 1. The molecule has 1 aromatic heterocycles. The third-order valence-electron chi connectivity index (χ3n) is 4.44. The number of rotatable bonds is 5. The lowest BCUT2D eigenvalue weighted by Gasteiger charge is -2.18. The van der Waals surface area contributed by atoms with Crippen LogP contribution in [0.4, 0.5) is 11.4 Å². The van der Waals surface area contributed by atoms with Crippen molar-refractivity contribution < 1.29 is 19.2 Å². The maximum Gasteiger partial charge on any atom is 0.278 e. The van der Waals surface area contributed by atoms with Gasteiger partial charge in [-0.3, -0.25) is 14.9 Å². The second kappa shape index (κ2) is 8.69. The standard InChI is InChI=1S/C22H15N3O5S/c23-13-14(22(26)24-15-5-7-19-20(12-15)30-10-9-29-19)11-16-6-8-21(31-16)17-3-1-2-4-18(17)25(27)28/h1-8,11-12H,9-10H2,(H,24,26)/b14-11+. The zero-order valence-corrected chi connectivity index (χ0v) is 16.8. The molecule has 4 rings (SSSR count). The summed E-state index contributed by atoms with van der Waals surface area (Å²) in [7, 11) is 0. The molecule has 31 heavy (non-hydrogen) atoms. The number of thiophene rings is 1. The molecule has 0 aliphatic carbocycles. The minimum absolute atomic E-state index is 0.00302. The molecule has 1 aliphatic rings. The van der Waals surface area contributed by atoms with Gasteiger partial charge in [-0.1, -0.05) is 12.1 Å². The molecule has 1 N–H and O–H groups in total. The van der Waals surface area contributed by atoms with Crippen LogP contribution in [-0.2, 0) is 4.79 Å². The first kappa shape index (κ1) is 20.1. The fourth-order valence-electron chi connectivity index (χ4n) is 3.03. The van der Waals surface area contributed by atoms with Gasteiger partial charge in [0.05, 0.1) is 10.5 Å². The second-order valence-electron chi connectivity index (χ2n) is 6.46. The largest absolute Gasteiger partial charge is 0.486 e. The molecule has 0 saturated heterocycles. The van der Waals surface area contributed by atoms with Gasteiger partial charge in [0, 0.05) is 27.6 Å². The van der Waals surface area contributed by atoms with E-state index < -0.39 is 10.8 Å². The smallest absolute Gasteiger partial charge is 0.278 e. The van der Waals surface area contributed by atoms with E-state index in [4.69, 9.17) is 9.47 Å². The zero-order valence-electron chi connectivity index (χ0n) is 16.0.